The van der Waals surface area contributed by atoms with Crippen molar-refractivity contribution in [2.75, 3.05) is 11.1 Å². The number of nitrogens with one attached hydrogen (secondary N) is 1. The second-order valence-electron chi connectivity index (χ2n) is 5.47. The number of benzene rings is 1. The molecule has 2 unspecified atom stereocenters. The first kappa shape index (κ1) is 13.8. The van der Waals surface area contributed by atoms with Crippen molar-refractivity contribution < 1.29 is 5.11 Å². The first-order valence-electron chi connectivity index (χ1n) is 7.37. The van der Waals surface area contributed by atoms with Gasteiger partial charge in [0.25, 0.3) is 0 Å². The van der Waals surface area contributed by atoms with Gasteiger partial charge in [-0.1, -0.05) is 43.2 Å². The Bertz CT molecular complexity index is 602. The number of aliphatic hydroxyl groups is 1. The zero-order valence-electron chi connectivity index (χ0n) is 11.9. The molecule has 0 aliphatic heterocycles. The molecular formula is C16H20N4O. The van der Waals surface area contributed by atoms with Crippen LogP contribution in [0, 0.1) is 0 Å². The number of rotatable bonds is 3. The second-order valence-corrected chi connectivity index (χ2v) is 5.47. The highest BCUT2D eigenvalue weighted by molar-refractivity contribution is 5.60. The summed E-state index contributed by atoms with van der Waals surface area (Å²) in [4.78, 5) is 8.80. The van der Waals surface area contributed by atoms with Crippen LogP contribution in [0.2, 0.25) is 0 Å². The highest BCUT2D eigenvalue weighted by atomic mass is 16.3. The van der Waals surface area contributed by atoms with Crippen LogP contribution in [-0.2, 0) is 0 Å². The molecule has 21 heavy (non-hydrogen) atoms. The van der Waals surface area contributed by atoms with Crippen LogP contribution in [0.1, 0.15) is 25.7 Å². The molecule has 2 atom stereocenters. The lowest BCUT2D eigenvalue weighted by atomic mass is 9.92. The minimum Gasteiger partial charge on any atom is -0.391 e. The van der Waals surface area contributed by atoms with Gasteiger partial charge in [0.2, 0.25) is 0 Å². The molecule has 5 heteroatoms. The molecule has 0 radical (unpaired) electrons. The molecule has 2 aromatic rings. The summed E-state index contributed by atoms with van der Waals surface area (Å²) in [5, 5.41) is 13.3. The Morgan fingerprint density at radius 2 is 1.86 bits per heavy atom. The van der Waals surface area contributed by atoms with Crippen molar-refractivity contribution in [2.24, 2.45) is 0 Å². The molecule has 4 N–H and O–H groups in total. The normalized spacial score (nSPS) is 22.0. The van der Waals surface area contributed by atoms with E-state index >= 15 is 0 Å². The van der Waals surface area contributed by atoms with E-state index in [4.69, 9.17) is 5.73 Å². The number of aromatic nitrogens is 2. The van der Waals surface area contributed by atoms with Gasteiger partial charge < -0.3 is 16.2 Å². The minimum absolute atomic E-state index is 0.0386. The summed E-state index contributed by atoms with van der Waals surface area (Å²) in [6, 6.07) is 11.5. The smallest absolute Gasteiger partial charge is 0.163 e. The van der Waals surface area contributed by atoms with Crippen molar-refractivity contribution in [1.82, 2.24) is 9.97 Å². The molecule has 0 amide bonds. The van der Waals surface area contributed by atoms with Crippen LogP contribution in [0.15, 0.2) is 36.4 Å². The van der Waals surface area contributed by atoms with E-state index in [1.807, 2.05) is 30.3 Å². The van der Waals surface area contributed by atoms with Crippen molar-refractivity contribution in [3.8, 4) is 11.4 Å². The number of nitrogen functional groups attached to an aromatic ring is 1. The largest absolute Gasteiger partial charge is 0.391 e. The van der Waals surface area contributed by atoms with E-state index in [-0.39, 0.29) is 12.1 Å². The maximum atomic E-state index is 10.0. The Kier molecular flexibility index (Phi) is 4.01. The molecule has 1 aliphatic carbocycles. The maximum Gasteiger partial charge on any atom is 0.163 e. The van der Waals surface area contributed by atoms with Gasteiger partial charge in [-0.3, -0.25) is 0 Å². The molecule has 1 heterocycles. The molecule has 1 fully saturated rings. The highest BCUT2D eigenvalue weighted by Gasteiger charge is 2.23. The zero-order valence-corrected chi connectivity index (χ0v) is 11.9. The molecule has 0 saturated heterocycles. The fourth-order valence-corrected chi connectivity index (χ4v) is 2.73. The van der Waals surface area contributed by atoms with Crippen molar-refractivity contribution >= 4 is 11.6 Å². The van der Waals surface area contributed by atoms with Crippen molar-refractivity contribution in [3.05, 3.63) is 36.4 Å². The Balaban J connectivity index is 1.84. The van der Waals surface area contributed by atoms with Crippen LogP contribution < -0.4 is 11.1 Å². The van der Waals surface area contributed by atoms with Crippen LogP contribution in [0.3, 0.4) is 0 Å². The molecule has 1 aliphatic rings. The first-order valence-corrected chi connectivity index (χ1v) is 7.37. The fraction of sp³-hybridized carbons (Fsp3) is 0.375. The molecule has 1 aromatic heterocycles. The SMILES string of the molecule is Nc1cc(NC2CCCCC2O)nc(-c2ccccc2)n1. The van der Waals surface area contributed by atoms with Gasteiger partial charge in [0, 0.05) is 11.6 Å². The van der Waals surface area contributed by atoms with Crippen LogP contribution >= 0.6 is 0 Å². The minimum atomic E-state index is -0.324. The number of nitrogens with zero attached hydrogens (tertiary/aromatic N) is 2. The molecule has 3 rings (SSSR count). The molecule has 0 spiro atoms. The first-order chi connectivity index (χ1) is 10.2. The molecule has 110 valence electrons. The van der Waals surface area contributed by atoms with E-state index in [9.17, 15) is 5.11 Å². The average Bonchev–Trinajstić information content (AvgIpc) is 2.50. The van der Waals surface area contributed by atoms with E-state index < -0.39 is 0 Å². The summed E-state index contributed by atoms with van der Waals surface area (Å²) in [7, 11) is 0. The van der Waals surface area contributed by atoms with Crippen molar-refractivity contribution in [1.29, 1.82) is 0 Å². The van der Waals surface area contributed by atoms with Crippen LogP contribution in [0.5, 0.6) is 0 Å². The van der Waals surface area contributed by atoms with Gasteiger partial charge in [0.05, 0.1) is 12.1 Å². The Hall–Kier alpha value is -2.14. The average molecular weight is 284 g/mol. The number of anilines is 2. The summed E-state index contributed by atoms with van der Waals surface area (Å²) < 4.78 is 0. The lowest BCUT2D eigenvalue weighted by molar-refractivity contribution is 0.116. The number of nitrogens with two attached hydrogens (primary N) is 1. The van der Waals surface area contributed by atoms with Gasteiger partial charge in [-0.15, -0.1) is 0 Å². The summed E-state index contributed by atoms with van der Waals surface area (Å²) in [5.74, 6) is 1.70. The van der Waals surface area contributed by atoms with E-state index in [2.05, 4.69) is 15.3 Å². The Labute approximate surface area is 124 Å². The molecule has 5 nitrogen and oxygen atoms in total. The van der Waals surface area contributed by atoms with Crippen LogP contribution in [-0.4, -0.2) is 27.2 Å². The molecule has 1 saturated carbocycles. The zero-order chi connectivity index (χ0) is 14.7. The third-order valence-corrected chi connectivity index (χ3v) is 3.84. The quantitative estimate of drug-likeness (QED) is 0.806. The van der Waals surface area contributed by atoms with E-state index in [1.54, 1.807) is 6.07 Å². The van der Waals surface area contributed by atoms with E-state index in [0.717, 1.165) is 31.2 Å². The van der Waals surface area contributed by atoms with Crippen LogP contribution in [0.4, 0.5) is 11.6 Å². The predicted octanol–water partition coefficient (Wildman–Crippen LogP) is 2.44. The second kappa shape index (κ2) is 6.10. The van der Waals surface area contributed by atoms with Gasteiger partial charge >= 0.3 is 0 Å². The standard InChI is InChI=1S/C16H20N4O/c17-14-10-15(18-12-8-4-5-9-13(12)21)20-16(19-14)11-6-2-1-3-7-11/h1-3,6-7,10,12-13,21H,4-5,8-9H2,(H3,17,18,19,20). The number of hydrogen-bond acceptors (Lipinski definition) is 5. The topological polar surface area (TPSA) is 84.1 Å². The van der Waals surface area contributed by atoms with Gasteiger partial charge in [0.1, 0.15) is 11.6 Å². The molecule has 0 bridgehead atoms. The predicted molar refractivity (Wildman–Crippen MR) is 83.8 cm³/mol. The van der Waals surface area contributed by atoms with E-state index in [1.165, 1.54) is 0 Å². The third kappa shape index (κ3) is 3.31. The van der Waals surface area contributed by atoms with Gasteiger partial charge in [-0.25, -0.2) is 9.97 Å². The highest BCUT2D eigenvalue weighted by Crippen LogP contribution is 2.24. The summed E-state index contributed by atoms with van der Waals surface area (Å²) in [6.45, 7) is 0. The van der Waals surface area contributed by atoms with Gasteiger partial charge in [-0.05, 0) is 12.8 Å². The lowest BCUT2D eigenvalue weighted by Gasteiger charge is -2.28. The van der Waals surface area contributed by atoms with Crippen molar-refractivity contribution in [2.45, 2.75) is 37.8 Å². The van der Waals surface area contributed by atoms with Gasteiger partial charge in [-0.2, -0.15) is 0 Å². The monoisotopic (exact) mass is 284 g/mol. The lowest BCUT2D eigenvalue weighted by Crippen LogP contribution is -2.36. The third-order valence-electron chi connectivity index (χ3n) is 3.84. The fourth-order valence-electron chi connectivity index (χ4n) is 2.73. The summed E-state index contributed by atoms with van der Waals surface area (Å²) >= 11 is 0. The number of hydrogen-bond donors (Lipinski definition) is 3. The number of aliphatic hydroxyl groups excluding tert-OH is 1. The summed E-state index contributed by atoms with van der Waals surface area (Å²) in [5.41, 5.74) is 6.81. The molecular weight excluding hydrogens is 264 g/mol. The van der Waals surface area contributed by atoms with E-state index in [0.29, 0.717) is 17.5 Å². The van der Waals surface area contributed by atoms with Gasteiger partial charge in [0.15, 0.2) is 5.82 Å². The summed E-state index contributed by atoms with van der Waals surface area (Å²) in [6.07, 6.45) is 3.67. The van der Waals surface area contributed by atoms with Crippen LogP contribution in [0.25, 0.3) is 11.4 Å². The Morgan fingerprint density at radius 1 is 1.10 bits per heavy atom. The Morgan fingerprint density at radius 3 is 2.62 bits per heavy atom. The molecule has 1 aromatic carbocycles. The van der Waals surface area contributed by atoms with Crippen molar-refractivity contribution in [3.63, 3.8) is 0 Å². The maximum absolute atomic E-state index is 10.0.